The molecule has 2 aromatic rings. The van der Waals surface area contributed by atoms with Gasteiger partial charge >= 0.3 is 6.01 Å². The van der Waals surface area contributed by atoms with Crippen molar-refractivity contribution in [2.24, 2.45) is 7.05 Å². The van der Waals surface area contributed by atoms with Crippen LogP contribution in [0.5, 0.6) is 6.01 Å². The van der Waals surface area contributed by atoms with E-state index in [-0.39, 0.29) is 0 Å². The van der Waals surface area contributed by atoms with Crippen LogP contribution in [0.2, 0.25) is 0 Å². The average molecular weight is 261 g/mol. The Morgan fingerprint density at radius 1 is 1.32 bits per heavy atom. The predicted octanol–water partition coefficient (Wildman–Crippen LogP) is 1.29. The molecule has 0 aromatic carbocycles. The highest BCUT2D eigenvalue weighted by Crippen LogP contribution is 2.05. The molecule has 0 spiro atoms. The molecule has 0 aliphatic rings. The Morgan fingerprint density at radius 3 is 2.89 bits per heavy atom. The first-order valence-electron chi connectivity index (χ1n) is 6.42. The first kappa shape index (κ1) is 13.5. The lowest BCUT2D eigenvalue weighted by Crippen LogP contribution is -2.15. The van der Waals surface area contributed by atoms with Crippen molar-refractivity contribution in [3.63, 3.8) is 0 Å². The van der Waals surface area contributed by atoms with Gasteiger partial charge in [-0.15, -0.1) is 5.10 Å². The summed E-state index contributed by atoms with van der Waals surface area (Å²) in [6.45, 7) is 4.31. The van der Waals surface area contributed by atoms with E-state index in [4.69, 9.17) is 4.74 Å². The van der Waals surface area contributed by atoms with Gasteiger partial charge in [-0.25, -0.2) is 0 Å². The molecule has 0 saturated carbocycles. The summed E-state index contributed by atoms with van der Waals surface area (Å²) in [6, 6.07) is 6.30. The van der Waals surface area contributed by atoms with Crippen LogP contribution in [0.25, 0.3) is 0 Å². The minimum absolute atomic E-state index is 0.374. The Kier molecular flexibility index (Phi) is 4.85. The van der Waals surface area contributed by atoms with Crippen LogP contribution in [0.3, 0.4) is 0 Å². The maximum atomic E-state index is 5.47. The van der Waals surface area contributed by atoms with E-state index in [1.807, 2.05) is 18.2 Å². The minimum atomic E-state index is 0.374. The van der Waals surface area contributed by atoms with Gasteiger partial charge < -0.3 is 10.1 Å². The molecule has 2 aromatic heterocycles. The van der Waals surface area contributed by atoms with Gasteiger partial charge in [0.15, 0.2) is 0 Å². The molecule has 0 amide bonds. The van der Waals surface area contributed by atoms with E-state index in [1.54, 1.807) is 18.1 Å². The second-order valence-corrected chi connectivity index (χ2v) is 4.29. The summed E-state index contributed by atoms with van der Waals surface area (Å²) in [4.78, 5) is 8.52. The lowest BCUT2D eigenvalue weighted by molar-refractivity contribution is 0.275. The zero-order chi connectivity index (χ0) is 13.5. The summed E-state index contributed by atoms with van der Waals surface area (Å²) in [5, 5.41) is 7.38. The lowest BCUT2D eigenvalue weighted by atomic mass is 10.3. The van der Waals surface area contributed by atoms with E-state index >= 15 is 0 Å². The van der Waals surface area contributed by atoms with Crippen LogP contribution in [0.4, 0.5) is 0 Å². The van der Waals surface area contributed by atoms with E-state index in [1.165, 1.54) is 0 Å². The van der Waals surface area contributed by atoms with Crippen molar-refractivity contribution < 1.29 is 4.74 Å². The summed E-state index contributed by atoms with van der Waals surface area (Å²) < 4.78 is 7.07. The fraction of sp³-hybridized carbons (Fsp3) is 0.462. The molecule has 0 atom stereocenters. The van der Waals surface area contributed by atoms with Gasteiger partial charge in [0.2, 0.25) is 0 Å². The number of ether oxygens (including phenoxy) is 1. The van der Waals surface area contributed by atoms with E-state index in [9.17, 15) is 0 Å². The third kappa shape index (κ3) is 4.33. The van der Waals surface area contributed by atoms with Crippen LogP contribution in [0.1, 0.15) is 24.7 Å². The van der Waals surface area contributed by atoms with Gasteiger partial charge in [-0.1, -0.05) is 13.0 Å². The SMILES string of the molecule is CCCNCc1cccc(COc2ncn(C)n2)n1. The smallest absolute Gasteiger partial charge is 0.335 e. The van der Waals surface area contributed by atoms with Crippen LogP contribution in [0, 0.1) is 0 Å². The molecule has 0 aliphatic carbocycles. The molecular formula is C13H19N5O. The summed E-state index contributed by atoms with van der Waals surface area (Å²) >= 11 is 0. The van der Waals surface area contributed by atoms with Crippen molar-refractivity contribution in [2.75, 3.05) is 6.54 Å². The van der Waals surface area contributed by atoms with Gasteiger partial charge in [0.25, 0.3) is 0 Å². The van der Waals surface area contributed by atoms with E-state index in [0.29, 0.717) is 12.6 Å². The van der Waals surface area contributed by atoms with Crippen molar-refractivity contribution in [3.05, 3.63) is 35.9 Å². The van der Waals surface area contributed by atoms with Gasteiger partial charge in [0.05, 0.1) is 11.4 Å². The monoisotopic (exact) mass is 261 g/mol. The molecule has 0 radical (unpaired) electrons. The Hall–Kier alpha value is -1.95. The number of aromatic nitrogens is 4. The van der Waals surface area contributed by atoms with Crippen LogP contribution in [-0.4, -0.2) is 26.3 Å². The first-order valence-corrected chi connectivity index (χ1v) is 6.42. The van der Waals surface area contributed by atoms with Crippen LogP contribution < -0.4 is 10.1 Å². The molecule has 0 fully saturated rings. The third-order valence-corrected chi connectivity index (χ3v) is 2.53. The lowest BCUT2D eigenvalue weighted by Gasteiger charge is -2.05. The maximum Gasteiger partial charge on any atom is 0.335 e. The maximum absolute atomic E-state index is 5.47. The zero-order valence-corrected chi connectivity index (χ0v) is 11.3. The molecule has 2 rings (SSSR count). The number of hydrogen-bond donors (Lipinski definition) is 1. The minimum Gasteiger partial charge on any atom is -0.456 e. The highest BCUT2D eigenvalue weighted by Gasteiger charge is 2.02. The average Bonchev–Trinajstić information content (AvgIpc) is 2.83. The van der Waals surface area contributed by atoms with Gasteiger partial charge in [-0.3, -0.25) is 9.67 Å². The van der Waals surface area contributed by atoms with Gasteiger partial charge in [0, 0.05) is 13.6 Å². The van der Waals surface area contributed by atoms with Crippen molar-refractivity contribution >= 4 is 0 Å². The highest BCUT2D eigenvalue weighted by molar-refractivity contribution is 5.11. The molecule has 0 saturated heterocycles. The van der Waals surface area contributed by atoms with E-state index in [2.05, 4.69) is 27.3 Å². The van der Waals surface area contributed by atoms with Crippen LogP contribution in [-0.2, 0) is 20.2 Å². The number of rotatable bonds is 7. The molecule has 102 valence electrons. The number of nitrogens with zero attached hydrogens (tertiary/aromatic N) is 4. The number of hydrogen-bond acceptors (Lipinski definition) is 5. The Morgan fingerprint density at radius 2 is 2.16 bits per heavy atom. The van der Waals surface area contributed by atoms with Crippen molar-refractivity contribution in [1.29, 1.82) is 0 Å². The van der Waals surface area contributed by atoms with E-state index in [0.717, 1.165) is 30.9 Å². The molecule has 6 heteroatoms. The largest absolute Gasteiger partial charge is 0.456 e. The van der Waals surface area contributed by atoms with Crippen LogP contribution >= 0.6 is 0 Å². The second-order valence-electron chi connectivity index (χ2n) is 4.29. The van der Waals surface area contributed by atoms with Crippen molar-refractivity contribution in [2.45, 2.75) is 26.5 Å². The standard InChI is InChI=1S/C13H19N5O/c1-3-7-14-8-11-5-4-6-12(16-11)9-19-13-15-10-18(2)17-13/h4-6,10,14H,3,7-9H2,1-2H3. The first-order chi connectivity index (χ1) is 9.28. The summed E-state index contributed by atoms with van der Waals surface area (Å²) in [6.07, 6.45) is 2.72. The molecule has 1 N–H and O–H groups in total. The fourth-order valence-electron chi connectivity index (χ4n) is 1.63. The van der Waals surface area contributed by atoms with E-state index < -0.39 is 0 Å². The van der Waals surface area contributed by atoms with Crippen molar-refractivity contribution in [3.8, 4) is 6.01 Å². The number of nitrogens with one attached hydrogen (secondary N) is 1. The molecule has 6 nitrogen and oxygen atoms in total. The highest BCUT2D eigenvalue weighted by atomic mass is 16.5. The zero-order valence-electron chi connectivity index (χ0n) is 11.3. The Bertz CT molecular complexity index is 511. The fourth-order valence-corrected chi connectivity index (χ4v) is 1.63. The Labute approximate surface area is 112 Å². The van der Waals surface area contributed by atoms with Gasteiger partial charge in [-0.2, -0.15) is 4.98 Å². The van der Waals surface area contributed by atoms with Crippen molar-refractivity contribution in [1.82, 2.24) is 25.1 Å². The molecule has 0 bridgehead atoms. The number of aryl methyl sites for hydroxylation is 1. The Balaban J connectivity index is 1.87. The summed E-state index contributed by atoms with van der Waals surface area (Å²) in [7, 11) is 1.80. The van der Waals surface area contributed by atoms with Gasteiger partial charge in [-0.05, 0) is 25.1 Å². The number of pyridine rings is 1. The predicted molar refractivity (Wildman–Crippen MR) is 71.6 cm³/mol. The van der Waals surface area contributed by atoms with Crippen LogP contribution in [0.15, 0.2) is 24.5 Å². The van der Waals surface area contributed by atoms with Gasteiger partial charge in [0.1, 0.15) is 12.9 Å². The third-order valence-electron chi connectivity index (χ3n) is 2.53. The molecule has 2 heterocycles. The molecule has 0 unspecified atom stereocenters. The topological polar surface area (TPSA) is 64.9 Å². The molecule has 0 aliphatic heterocycles. The second kappa shape index (κ2) is 6.84. The normalized spacial score (nSPS) is 10.6. The summed E-state index contributed by atoms with van der Waals surface area (Å²) in [5.41, 5.74) is 1.90. The molecule has 19 heavy (non-hydrogen) atoms. The molecular weight excluding hydrogens is 242 g/mol. The summed E-state index contributed by atoms with van der Waals surface area (Å²) in [5.74, 6) is 0. The quantitative estimate of drug-likeness (QED) is 0.761.